The molecule has 0 saturated heterocycles. The highest BCUT2D eigenvalue weighted by atomic mass is 32.1. The average molecular weight is 413 g/mol. The van der Waals surface area contributed by atoms with Gasteiger partial charge in [-0.05, 0) is 55.7 Å². The third-order valence-corrected chi connectivity index (χ3v) is 6.51. The molecule has 156 valence electrons. The summed E-state index contributed by atoms with van der Waals surface area (Å²) in [5, 5.41) is 2.12. The molecule has 1 unspecified atom stereocenters. The third-order valence-electron chi connectivity index (χ3n) is 5.51. The normalized spacial score (nSPS) is 16.2. The summed E-state index contributed by atoms with van der Waals surface area (Å²) < 4.78 is 0. The first-order chi connectivity index (χ1) is 13.8. The van der Waals surface area contributed by atoms with Crippen molar-refractivity contribution in [2.45, 2.75) is 59.5 Å². The van der Waals surface area contributed by atoms with Crippen molar-refractivity contribution in [3.05, 3.63) is 57.3 Å². The highest BCUT2D eigenvalue weighted by molar-refractivity contribution is 7.10. The number of thiophene rings is 1. The molecule has 1 atom stereocenters. The molecule has 2 heterocycles. The summed E-state index contributed by atoms with van der Waals surface area (Å²) in [5.41, 5.74) is 3.56. The predicted molar refractivity (Wildman–Crippen MR) is 119 cm³/mol. The van der Waals surface area contributed by atoms with Gasteiger partial charge < -0.3 is 9.80 Å². The molecule has 0 bridgehead atoms. The van der Waals surface area contributed by atoms with Crippen molar-refractivity contribution in [3.63, 3.8) is 0 Å². The summed E-state index contributed by atoms with van der Waals surface area (Å²) in [5.74, 6) is 0.365. The molecular weight excluding hydrogens is 380 g/mol. The molecule has 1 aromatic heterocycles. The zero-order valence-electron chi connectivity index (χ0n) is 18.1. The van der Waals surface area contributed by atoms with E-state index in [1.165, 1.54) is 16.0 Å². The first-order valence-electron chi connectivity index (χ1n) is 10.5. The smallest absolute Gasteiger partial charge is 0.243 e. The van der Waals surface area contributed by atoms with Crippen molar-refractivity contribution >= 4 is 23.2 Å². The van der Waals surface area contributed by atoms with Crippen LogP contribution in [0.15, 0.2) is 35.7 Å². The zero-order chi connectivity index (χ0) is 21.1. The molecule has 29 heavy (non-hydrogen) atoms. The third kappa shape index (κ3) is 4.89. The Labute approximate surface area is 178 Å². The quantitative estimate of drug-likeness (QED) is 0.683. The lowest BCUT2D eigenvalue weighted by molar-refractivity contribution is -0.143. The van der Waals surface area contributed by atoms with Gasteiger partial charge in [-0.25, -0.2) is 0 Å². The first kappa shape index (κ1) is 21.6. The second-order valence-electron chi connectivity index (χ2n) is 8.66. The fourth-order valence-corrected chi connectivity index (χ4v) is 4.86. The Bertz CT molecular complexity index is 854. The Morgan fingerprint density at radius 1 is 1.14 bits per heavy atom. The molecular formula is C24H32N2O2S. The van der Waals surface area contributed by atoms with Crippen LogP contribution >= 0.6 is 11.3 Å². The molecule has 0 radical (unpaired) electrons. The summed E-state index contributed by atoms with van der Waals surface area (Å²) in [6.07, 6.45) is 1.35. The molecule has 0 fully saturated rings. The van der Waals surface area contributed by atoms with E-state index in [9.17, 15) is 9.59 Å². The van der Waals surface area contributed by atoms with Crippen LogP contribution in [0.5, 0.6) is 0 Å². The number of fused-ring (bicyclic) bond motifs is 1. The second-order valence-corrected chi connectivity index (χ2v) is 9.66. The summed E-state index contributed by atoms with van der Waals surface area (Å²) in [6.45, 7) is 10.9. The minimum atomic E-state index is -0.0766. The zero-order valence-corrected chi connectivity index (χ0v) is 19.0. The van der Waals surface area contributed by atoms with Gasteiger partial charge in [0.15, 0.2) is 0 Å². The largest absolute Gasteiger partial charge is 0.331 e. The molecule has 1 aromatic carbocycles. The first-order valence-corrected chi connectivity index (χ1v) is 11.4. The Balaban J connectivity index is 1.87. The minimum Gasteiger partial charge on any atom is -0.331 e. The molecule has 0 N–H and O–H groups in total. The summed E-state index contributed by atoms with van der Waals surface area (Å²) >= 11 is 1.77. The summed E-state index contributed by atoms with van der Waals surface area (Å²) in [6, 6.07) is 10.5. The highest BCUT2D eigenvalue weighted by Crippen LogP contribution is 2.38. The van der Waals surface area contributed by atoms with Gasteiger partial charge in [0.2, 0.25) is 11.8 Å². The maximum absolute atomic E-state index is 13.4. The van der Waals surface area contributed by atoms with E-state index in [0.29, 0.717) is 13.0 Å². The highest BCUT2D eigenvalue weighted by Gasteiger charge is 2.34. The predicted octanol–water partition coefficient (Wildman–Crippen LogP) is 4.81. The Kier molecular flexibility index (Phi) is 6.78. The lowest BCUT2D eigenvalue weighted by Gasteiger charge is -2.38. The van der Waals surface area contributed by atoms with Crippen LogP contribution in [0.4, 0.5) is 0 Å². The van der Waals surface area contributed by atoms with Crippen LogP contribution in [0.25, 0.3) is 0 Å². The minimum absolute atomic E-state index is 0.00419. The van der Waals surface area contributed by atoms with E-state index < -0.39 is 0 Å². The number of rotatable bonds is 6. The van der Waals surface area contributed by atoms with Gasteiger partial charge in [-0.15, -0.1) is 11.3 Å². The number of amides is 2. The van der Waals surface area contributed by atoms with Crippen molar-refractivity contribution in [2.75, 3.05) is 13.1 Å². The van der Waals surface area contributed by atoms with Crippen LogP contribution in [0.1, 0.15) is 61.7 Å². The fraction of sp³-hybridized carbons (Fsp3) is 0.500. The molecule has 0 aliphatic carbocycles. The van der Waals surface area contributed by atoms with Crippen molar-refractivity contribution < 1.29 is 9.59 Å². The maximum atomic E-state index is 13.4. The van der Waals surface area contributed by atoms with Crippen molar-refractivity contribution in [1.82, 2.24) is 9.80 Å². The molecule has 0 saturated carbocycles. The SMILES string of the molecule is Cc1ccc(C2c3ccsc3CCN2C(=O)CN(C(=O)CC(C)C)C(C)C)cc1. The van der Waals surface area contributed by atoms with Crippen molar-refractivity contribution in [1.29, 1.82) is 0 Å². The number of hydrogen-bond acceptors (Lipinski definition) is 3. The van der Waals surface area contributed by atoms with Gasteiger partial charge in [0.1, 0.15) is 6.54 Å². The Morgan fingerprint density at radius 3 is 2.45 bits per heavy atom. The second kappa shape index (κ2) is 9.12. The molecule has 3 rings (SSSR count). The Morgan fingerprint density at radius 2 is 1.83 bits per heavy atom. The summed E-state index contributed by atoms with van der Waals surface area (Å²) in [7, 11) is 0. The lowest BCUT2D eigenvalue weighted by Crippen LogP contribution is -2.48. The van der Waals surface area contributed by atoms with Crippen molar-refractivity contribution in [2.24, 2.45) is 5.92 Å². The maximum Gasteiger partial charge on any atom is 0.243 e. The van der Waals surface area contributed by atoms with Gasteiger partial charge in [0.05, 0.1) is 6.04 Å². The van der Waals surface area contributed by atoms with E-state index in [-0.39, 0.29) is 36.4 Å². The number of carbonyl (C=O) groups is 2. The van der Waals surface area contributed by atoms with Crippen LogP contribution in [-0.2, 0) is 16.0 Å². The van der Waals surface area contributed by atoms with Gasteiger partial charge >= 0.3 is 0 Å². The molecule has 5 heteroatoms. The number of nitrogens with zero attached hydrogens (tertiary/aromatic N) is 2. The van der Waals surface area contributed by atoms with E-state index in [1.807, 2.05) is 32.6 Å². The van der Waals surface area contributed by atoms with Crippen LogP contribution in [0.2, 0.25) is 0 Å². The lowest BCUT2D eigenvalue weighted by atomic mass is 9.92. The van der Waals surface area contributed by atoms with Crippen LogP contribution < -0.4 is 0 Å². The number of aryl methyl sites for hydroxylation is 1. The Hall–Kier alpha value is -2.14. The average Bonchev–Trinajstić information content (AvgIpc) is 3.13. The van der Waals surface area contributed by atoms with E-state index in [4.69, 9.17) is 0 Å². The van der Waals surface area contributed by atoms with E-state index >= 15 is 0 Å². The molecule has 2 aromatic rings. The van der Waals surface area contributed by atoms with Gasteiger partial charge in [0.25, 0.3) is 0 Å². The molecule has 2 amide bonds. The van der Waals surface area contributed by atoms with Gasteiger partial charge in [-0.3, -0.25) is 9.59 Å². The fourth-order valence-electron chi connectivity index (χ4n) is 3.96. The van der Waals surface area contributed by atoms with Crippen LogP contribution in [0.3, 0.4) is 0 Å². The van der Waals surface area contributed by atoms with E-state index in [0.717, 1.165) is 12.0 Å². The molecule has 1 aliphatic rings. The topological polar surface area (TPSA) is 40.6 Å². The summed E-state index contributed by atoms with van der Waals surface area (Å²) in [4.78, 5) is 31.2. The monoisotopic (exact) mass is 412 g/mol. The van der Waals surface area contributed by atoms with Gasteiger partial charge in [-0.2, -0.15) is 0 Å². The standard InChI is InChI=1S/C24H32N2O2S/c1-16(2)14-22(27)26(17(3)4)15-23(28)25-12-10-21-20(11-13-29-21)24(25)19-8-6-18(5)7-9-19/h6-9,11,13,16-17,24H,10,12,14-15H2,1-5H3. The van der Waals surface area contributed by atoms with E-state index in [2.05, 4.69) is 42.6 Å². The van der Waals surface area contributed by atoms with Crippen LogP contribution in [-0.4, -0.2) is 40.7 Å². The number of carbonyl (C=O) groups excluding carboxylic acids is 2. The van der Waals surface area contributed by atoms with Gasteiger partial charge in [0, 0.05) is 23.9 Å². The molecule has 1 aliphatic heterocycles. The number of benzene rings is 1. The molecule has 4 nitrogen and oxygen atoms in total. The molecule has 0 spiro atoms. The van der Waals surface area contributed by atoms with Crippen molar-refractivity contribution in [3.8, 4) is 0 Å². The van der Waals surface area contributed by atoms with Gasteiger partial charge in [-0.1, -0.05) is 43.7 Å². The van der Waals surface area contributed by atoms with E-state index in [1.54, 1.807) is 16.2 Å². The van der Waals surface area contributed by atoms with Crippen LogP contribution in [0, 0.1) is 12.8 Å². The number of hydrogen-bond donors (Lipinski definition) is 0.